The third kappa shape index (κ3) is 9.82. The number of aliphatic hydroxyl groups is 1. The Morgan fingerprint density at radius 1 is 0.797 bits per heavy atom. The maximum Gasteiger partial charge on any atom is 0.416 e. The van der Waals surface area contributed by atoms with Gasteiger partial charge in [-0.2, -0.15) is 0 Å². The summed E-state index contributed by atoms with van der Waals surface area (Å²) in [6.07, 6.45) is 5.73. The number of hydrogen-bond donors (Lipinski definition) is 5. The lowest BCUT2D eigenvalue weighted by molar-refractivity contribution is -0.127. The van der Waals surface area contributed by atoms with Gasteiger partial charge in [0.05, 0.1) is 62.0 Å². The number of benzene rings is 3. The molecule has 4 aliphatic heterocycles. The molecule has 4 heterocycles. The van der Waals surface area contributed by atoms with Gasteiger partial charge >= 0.3 is 6.09 Å². The smallest absolute Gasteiger partial charge is 0.416 e. The minimum atomic E-state index is -1.40. The number of fused-ring (bicyclic) bond motifs is 4. The second-order valence-electron chi connectivity index (χ2n) is 20.2. The molecule has 18 heteroatoms. The van der Waals surface area contributed by atoms with Gasteiger partial charge in [-0.25, -0.2) is 9.69 Å². The van der Waals surface area contributed by atoms with Crippen LogP contribution in [0.1, 0.15) is 105 Å². The Bertz CT molecular complexity index is 2470. The molecule has 3 aromatic rings. The standard InChI is InChI=1S/C51H65N7O11/c1-29(2)43(52)45(60)54-30(3)44(59)55-32-11-9-31(10-12-32)26-69-49(64)58-37-22-42(40(66-5)20-35(37)47(62)57-28-51(15-16-51)24-38(57)48(58)63)68-18-8-6-7-17-67-41-21-36-34(19-39(41)65-4)46(61)56-27-50(13-14-50)23-33(56)25-53-36/h9-12,19-22,29-30,33,38,43,48,53,63H,6-8,13-18,23-28,52H2,1-5H3,(H,54,60)(H,55,59)/t30-,33-,38-,43-,48-/m0/s1. The van der Waals surface area contributed by atoms with E-state index < -0.39 is 42.3 Å². The number of amides is 5. The number of unbranched alkanes of at least 4 members (excludes halogenated alkanes) is 2. The number of methoxy groups -OCH3 is 2. The number of rotatable bonds is 17. The Morgan fingerprint density at radius 3 is 2.04 bits per heavy atom. The maximum atomic E-state index is 14.3. The van der Waals surface area contributed by atoms with Crippen LogP contribution >= 0.6 is 0 Å². The summed E-state index contributed by atoms with van der Waals surface area (Å²) in [7, 11) is 3.06. The molecule has 5 atom stereocenters. The molecular weight excluding hydrogens is 887 g/mol. The van der Waals surface area contributed by atoms with Gasteiger partial charge in [-0.1, -0.05) is 26.0 Å². The zero-order valence-electron chi connectivity index (χ0n) is 40.1. The van der Waals surface area contributed by atoms with Crippen LogP contribution in [0.3, 0.4) is 0 Å². The molecule has 0 unspecified atom stereocenters. The predicted molar refractivity (Wildman–Crippen MR) is 256 cm³/mol. The Labute approximate surface area is 402 Å². The fourth-order valence-electron chi connectivity index (χ4n) is 10.2. The molecule has 6 N–H and O–H groups in total. The zero-order valence-corrected chi connectivity index (χ0v) is 40.1. The summed E-state index contributed by atoms with van der Waals surface area (Å²) in [5.41, 5.74) is 8.92. The first-order valence-corrected chi connectivity index (χ1v) is 24.3. The van der Waals surface area contributed by atoms with Gasteiger partial charge in [0.25, 0.3) is 11.8 Å². The number of anilines is 3. The summed E-state index contributed by atoms with van der Waals surface area (Å²) in [6, 6.07) is 11.4. The molecule has 2 spiro atoms. The molecule has 0 radical (unpaired) electrons. The highest BCUT2D eigenvalue weighted by Gasteiger charge is 2.58. The molecule has 69 heavy (non-hydrogen) atoms. The van der Waals surface area contributed by atoms with Gasteiger partial charge in [-0.15, -0.1) is 0 Å². The number of ether oxygens (including phenoxy) is 5. The van der Waals surface area contributed by atoms with E-state index in [2.05, 4.69) is 16.0 Å². The van der Waals surface area contributed by atoms with Crippen molar-refractivity contribution in [2.75, 3.05) is 62.6 Å². The van der Waals surface area contributed by atoms with E-state index in [-0.39, 0.29) is 53.7 Å². The van der Waals surface area contributed by atoms with Crippen LogP contribution in [0.25, 0.3) is 0 Å². The van der Waals surface area contributed by atoms with Crippen LogP contribution in [0.2, 0.25) is 0 Å². The molecule has 2 saturated heterocycles. The number of nitrogens with one attached hydrogen (secondary N) is 3. The van der Waals surface area contributed by atoms with E-state index in [0.29, 0.717) is 84.2 Å². The van der Waals surface area contributed by atoms with E-state index in [1.54, 1.807) is 61.4 Å². The van der Waals surface area contributed by atoms with Crippen molar-refractivity contribution in [2.24, 2.45) is 22.5 Å². The average molecular weight is 952 g/mol. The Morgan fingerprint density at radius 2 is 1.41 bits per heavy atom. The Kier molecular flexibility index (Phi) is 13.3. The topological polar surface area (TPSA) is 224 Å². The van der Waals surface area contributed by atoms with Gasteiger partial charge in [0, 0.05) is 43.5 Å². The van der Waals surface area contributed by atoms with Crippen molar-refractivity contribution >= 4 is 46.8 Å². The van der Waals surface area contributed by atoms with Crippen molar-refractivity contribution in [1.82, 2.24) is 15.1 Å². The lowest BCUT2D eigenvalue weighted by Crippen LogP contribution is -2.50. The fraction of sp³-hybridized carbons (Fsp3) is 0.549. The number of aliphatic hydroxyl groups excluding tert-OH is 1. The van der Waals surface area contributed by atoms with Crippen molar-refractivity contribution < 1.29 is 52.8 Å². The number of nitrogens with two attached hydrogens (primary N) is 1. The van der Waals surface area contributed by atoms with Gasteiger partial charge in [-0.05, 0) is 111 Å². The van der Waals surface area contributed by atoms with Crippen LogP contribution in [0, 0.1) is 16.7 Å². The fourth-order valence-corrected chi connectivity index (χ4v) is 10.2. The van der Waals surface area contributed by atoms with E-state index >= 15 is 0 Å². The average Bonchev–Trinajstić information content (AvgIpc) is 4.22. The van der Waals surface area contributed by atoms with E-state index in [4.69, 9.17) is 29.4 Å². The Hall–Kier alpha value is -6.27. The molecule has 2 saturated carbocycles. The van der Waals surface area contributed by atoms with Gasteiger partial charge < -0.3 is 60.3 Å². The lowest BCUT2D eigenvalue weighted by Gasteiger charge is -2.31. The molecule has 2 aliphatic carbocycles. The molecule has 18 nitrogen and oxygen atoms in total. The lowest BCUT2D eigenvalue weighted by atomic mass is 10.0. The van der Waals surface area contributed by atoms with Crippen molar-refractivity contribution in [3.63, 3.8) is 0 Å². The van der Waals surface area contributed by atoms with E-state index in [1.165, 1.54) is 20.0 Å². The first kappa shape index (κ1) is 47.8. The first-order chi connectivity index (χ1) is 33.1. The molecule has 5 amide bonds. The SMILES string of the molecule is COc1cc2c(cc1OCCCCCOc1cc3c(cc1OC)C(=O)N1CC4(CC4)C[C@H]1[C@H](O)N3C(=O)OCc1ccc(NC(=O)[C@H](C)NC(=O)[C@@H](N)C(C)C)cc1)NC[C@@H]1CC3(CC3)CN1C2=O. The monoisotopic (exact) mass is 951 g/mol. The molecule has 0 aromatic heterocycles. The number of hydrogen-bond acceptors (Lipinski definition) is 13. The van der Waals surface area contributed by atoms with Crippen LogP contribution in [-0.2, 0) is 20.9 Å². The highest BCUT2D eigenvalue weighted by molar-refractivity contribution is 6.06. The summed E-state index contributed by atoms with van der Waals surface area (Å²) < 4.78 is 29.7. The minimum absolute atomic E-state index is 0.0369. The molecular formula is C51H65N7O11. The summed E-state index contributed by atoms with van der Waals surface area (Å²) >= 11 is 0. The van der Waals surface area contributed by atoms with Crippen LogP contribution in [0.5, 0.6) is 23.0 Å². The minimum Gasteiger partial charge on any atom is -0.493 e. The van der Waals surface area contributed by atoms with E-state index in [0.717, 1.165) is 42.8 Å². The molecule has 3 aromatic carbocycles. The van der Waals surface area contributed by atoms with Crippen LogP contribution in [-0.4, -0.2) is 122 Å². The molecule has 9 rings (SSSR count). The van der Waals surface area contributed by atoms with Crippen LogP contribution in [0.4, 0.5) is 21.9 Å². The zero-order chi connectivity index (χ0) is 48.8. The number of nitrogens with zero attached hydrogens (tertiary/aromatic N) is 3. The predicted octanol–water partition coefficient (Wildman–Crippen LogP) is 5.65. The third-order valence-corrected chi connectivity index (χ3v) is 14.9. The molecule has 6 aliphatic rings. The first-order valence-electron chi connectivity index (χ1n) is 24.3. The second kappa shape index (κ2) is 19.3. The highest BCUT2D eigenvalue weighted by Crippen LogP contribution is 2.57. The molecule has 0 bridgehead atoms. The second-order valence-corrected chi connectivity index (χ2v) is 20.2. The van der Waals surface area contributed by atoms with Crippen LogP contribution < -0.4 is 45.5 Å². The quantitative estimate of drug-likeness (QED) is 0.103. The van der Waals surface area contributed by atoms with Crippen molar-refractivity contribution in [3.05, 3.63) is 65.2 Å². The third-order valence-electron chi connectivity index (χ3n) is 14.9. The van der Waals surface area contributed by atoms with Gasteiger partial charge in [0.1, 0.15) is 12.6 Å². The van der Waals surface area contributed by atoms with Gasteiger partial charge in [0.2, 0.25) is 11.8 Å². The van der Waals surface area contributed by atoms with Crippen molar-refractivity contribution in [3.8, 4) is 23.0 Å². The largest absolute Gasteiger partial charge is 0.493 e. The highest BCUT2D eigenvalue weighted by atomic mass is 16.6. The van der Waals surface area contributed by atoms with E-state index in [9.17, 15) is 29.1 Å². The maximum absolute atomic E-state index is 14.3. The van der Waals surface area contributed by atoms with Crippen LogP contribution in [0.15, 0.2) is 48.5 Å². The number of carbonyl (C=O) groups is 5. The molecule has 4 fully saturated rings. The van der Waals surface area contributed by atoms with Gasteiger partial charge in [-0.3, -0.25) is 19.2 Å². The van der Waals surface area contributed by atoms with E-state index in [1.807, 2.05) is 24.8 Å². The number of carbonyl (C=O) groups excluding carboxylic acids is 5. The Balaban J connectivity index is 0.820. The summed E-state index contributed by atoms with van der Waals surface area (Å²) in [5, 5.41) is 20.9. The van der Waals surface area contributed by atoms with Crippen molar-refractivity contribution in [2.45, 2.75) is 116 Å². The summed E-state index contributed by atoms with van der Waals surface area (Å²) in [4.78, 5) is 72.1. The molecule has 370 valence electrons. The normalized spacial score (nSPS) is 22.0. The summed E-state index contributed by atoms with van der Waals surface area (Å²) in [5.74, 6) is 0.474. The summed E-state index contributed by atoms with van der Waals surface area (Å²) in [6.45, 7) is 7.76. The van der Waals surface area contributed by atoms with Gasteiger partial charge in [0.15, 0.2) is 29.2 Å². The van der Waals surface area contributed by atoms with Crippen molar-refractivity contribution in [1.29, 1.82) is 0 Å².